The van der Waals surface area contributed by atoms with Gasteiger partial charge < -0.3 is 10.1 Å². The van der Waals surface area contributed by atoms with E-state index in [1.54, 1.807) is 40.8 Å². The lowest BCUT2D eigenvalue weighted by Gasteiger charge is -2.19. The first-order valence-electron chi connectivity index (χ1n) is 9.21. The Hall–Kier alpha value is -3.56. The van der Waals surface area contributed by atoms with Crippen LogP contribution in [0.1, 0.15) is 18.5 Å². The van der Waals surface area contributed by atoms with E-state index in [9.17, 15) is 13.2 Å². The lowest BCUT2D eigenvalue weighted by Crippen LogP contribution is -2.13. The van der Waals surface area contributed by atoms with Crippen molar-refractivity contribution in [2.24, 2.45) is 7.05 Å². The molecule has 0 amide bonds. The average molecular weight is 416 g/mol. The van der Waals surface area contributed by atoms with Gasteiger partial charge in [-0.2, -0.15) is 10.2 Å². The second-order valence-corrected chi connectivity index (χ2v) is 6.79. The molecule has 1 aromatic carbocycles. The van der Waals surface area contributed by atoms with E-state index in [0.717, 1.165) is 11.1 Å². The summed E-state index contributed by atoms with van der Waals surface area (Å²) in [5.74, 6) is 0.226. The van der Waals surface area contributed by atoms with Gasteiger partial charge in [0.15, 0.2) is 5.65 Å². The van der Waals surface area contributed by atoms with Crippen molar-refractivity contribution < 1.29 is 17.9 Å². The molecule has 0 fully saturated rings. The highest BCUT2D eigenvalue weighted by atomic mass is 19.3. The highest BCUT2D eigenvalue weighted by molar-refractivity contribution is 5.76. The maximum Gasteiger partial charge on any atom is 0.272 e. The predicted octanol–water partition coefficient (Wildman–Crippen LogP) is 4.09. The van der Waals surface area contributed by atoms with Crippen LogP contribution in [0.4, 0.5) is 19.0 Å². The molecule has 0 saturated carbocycles. The third kappa shape index (κ3) is 4.07. The second-order valence-electron chi connectivity index (χ2n) is 6.79. The molecule has 7 nitrogen and oxygen atoms in total. The molecular formula is C20H19F3N6O. The van der Waals surface area contributed by atoms with Gasteiger partial charge >= 0.3 is 0 Å². The molecule has 3 heterocycles. The van der Waals surface area contributed by atoms with Crippen molar-refractivity contribution in [3.8, 4) is 16.9 Å². The van der Waals surface area contributed by atoms with Crippen molar-refractivity contribution in [1.29, 1.82) is 0 Å². The van der Waals surface area contributed by atoms with E-state index in [-0.39, 0.29) is 5.75 Å². The maximum absolute atomic E-state index is 13.8. The number of hydrogen-bond acceptors (Lipinski definition) is 5. The van der Waals surface area contributed by atoms with Gasteiger partial charge in [0.2, 0.25) is 0 Å². The summed E-state index contributed by atoms with van der Waals surface area (Å²) >= 11 is 0. The van der Waals surface area contributed by atoms with Crippen molar-refractivity contribution in [3.05, 3.63) is 60.4 Å². The molecule has 30 heavy (non-hydrogen) atoms. The molecule has 0 aliphatic heterocycles. The maximum atomic E-state index is 13.8. The summed E-state index contributed by atoms with van der Waals surface area (Å²) in [6.45, 7) is 1.01. The number of alkyl halides is 2. The summed E-state index contributed by atoms with van der Waals surface area (Å²) in [5.41, 5.74) is 2.72. The zero-order valence-corrected chi connectivity index (χ0v) is 16.3. The van der Waals surface area contributed by atoms with E-state index in [0.29, 0.717) is 17.0 Å². The van der Waals surface area contributed by atoms with Gasteiger partial charge in [0, 0.05) is 36.1 Å². The molecule has 1 N–H and O–H groups in total. The van der Waals surface area contributed by atoms with Gasteiger partial charge in [-0.15, -0.1) is 0 Å². The van der Waals surface area contributed by atoms with Crippen molar-refractivity contribution in [2.75, 3.05) is 11.9 Å². The molecule has 0 saturated heterocycles. The Morgan fingerprint density at radius 3 is 2.73 bits per heavy atom. The Balaban J connectivity index is 1.62. The number of rotatable bonds is 7. The van der Waals surface area contributed by atoms with Crippen molar-refractivity contribution in [3.63, 3.8) is 0 Å². The standard InChI is InChI=1S/C20H19F3N6O/c1-12(15-7-14(21)3-4-17(15)30-11-18(22)23)26-19-5-6-29-20(27-19)16(9-25-29)13-8-24-28(2)10-13/h3-10,12,18H,11H2,1-2H3,(H,26,27)/t12-/m1/s1. The van der Waals surface area contributed by atoms with Gasteiger partial charge in [0.1, 0.15) is 24.0 Å². The third-order valence-electron chi connectivity index (χ3n) is 4.55. The third-order valence-corrected chi connectivity index (χ3v) is 4.55. The smallest absolute Gasteiger partial charge is 0.272 e. The summed E-state index contributed by atoms with van der Waals surface area (Å²) in [6, 6.07) is 5.06. The van der Waals surface area contributed by atoms with Crippen LogP contribution in [0.3, 0.4) is 0 Å². The minimum atomic E-state index is -2.62. The van der Waals surface area contributed by atoms with Crippen molar-refractivity contribution >= 4 is 11.5 Å². The fourth-order valence-corrected chi connectivity index (χ4v) is 3.15. The first kappa shape index (κ1) is 19.7. The van der Waals surface area contributed by atoms with Gasteiger partial charge in [0.05, 0.1) is 18.4 Å². The number of benzene rings is 1. The van der Waals surface area contributed by atoms with Crippen LogP contribution in [0.15, 0.2) is 49.1 Å². The number of nitrogens with one attached hydrogen (secondary N) is 1. The largest absolute Gasteiger partial charge is 0.487 e. The highest BCUT2D eigenvalue weighted by Crippen LogP contribution is 2.30. The molecule has 4 rings (SSSR count). The van der Waals surface area contributed by atoms with Gasteiger partial charge in [0.25, 0.3) is 6.43 Å². The minimum Gasteiger partial charge on any atom is -0.487 e. The number of ether oxygens (including phenoxy) is 1. The Morgan fingerprint density at radius 2 is 2.00 bits per heavy atom. The quantitative estimate of drug-likeness (QED) is 0.492. The summed E-state index contributed by atoms with van der Waals surface area (Å²) < 4.78 is 47.3. The normalized spacial score (nSPS) is 12.5. The van der Waals surface area contributed by atoms with Gasteiger partial charge in [-0.3, -0.25) is 4.68 Å². The summed E-state index contributed by atoms with van der Waals surface area (Å²) in [7, 11) is 1.82. The number of aromatic nitrogens is 5. The van der Waals surface area contributed by atoms with Gasteiger partial charge in [-0.05, 0) is 31.2 Å². The molecule has 0 bridgehead atoms. The van der Waals surface area contributed by atoms with Crippen LogP contribution in [0.2, 0.25) is 0 Å². The molecule has 10 heteroatoms. The highest BCUT2D eigenvalue weighted by Gasteiger charge is 2.16. The number of hydrogen-bond donors (Lipinski definition) is 1. The predicted molar refractivity (Wildman–Crippen MR) is 105 cm³/mol. The van der Waals surface area contributed by atoms with E-state index in [1.807, 2.05) is 13.2 Å². The first-order chi connectivity index (χ1) is 14.4. The second kappa shape index (κ2) is 8.05. The van der Waals surface area contributed by atoms with E-state index in [2.05, 4.69) is 20.5 Å². The number of aryl methyl sites for hydroxylation is 1. The lowest BCUT2D eigenvalue weighted by molar-refractivity contribution is 0.0813. The number of nitrogens with zero attached hydrogens (tertiary/aromatic N) is 5. The minimum absolute atomic E-state index is 0.193. The fourth-order valence-electron chi connectivity index (χ4n) is 3.15. The zero-order chi connectivity index (χ0) is 21.3. The van der Waals surface area contributed by atoms with Crippen LogP contribution in [0.5, 0.6) is 5.75 Å². The molecule has 0 aliphatic rings. The molecule has 4 aromatic rings. The SMILES string of the molecule is C[C@@H](Nc1ccn2ncc(-c3cnn(C)c3)c2n1)c1cc(F)ccc1OCC(F)F. The fraction of sp³-hybridized carbons (Fsp3) is 0.250. The van der Waals surface area contributed by atoms with Gasteiger partial charge in [-0.1, -0.05) is 0 Å². The van der Waals surface area contributed by atoms with Crippen LogP contribution >= 0.6 is 0 Å². The van der Waals surface area contributed by atoms with Crippen LogP contribution in [-0.2, 0) is 7.05 Å². The summed E-state index contributed by atoms with van der Waals surface area (Å²) in [6.07, 6.45) is 4.41. The lowest BCUT2D eigenvalue weighted by atomic mass is 10.1. The molecule has 1 atom stereocenters. The molecule has 156 valence electrons. The first-order valence-corrected chi connectivity index (χ1v) is 9.21. The van der Waals surface area contributed by atoms with Crippen LogP contribution < -0.4 is 10.1 Å². The number of halogens is 3. The molecule has 0 aliphatic carbocycles. The van der Waals surface area contributed by atoms with Crippen molar-refractivity contribution in [1.82, 2.24) is 24.4 Å². The summed E-state index contributed by atoms with van der Waals surface area (Å²) in [4.78, 5) is 4.61. The zero-order valence-electron chi connectivity index (χ0n) is 16.3. The van der Waals surface area contributed by atoms with Crippen LogP contribution in [0, 0.1) is 5.82 Å². The van der Waals surface area contributed by atoms with E-state index in [4.69, 9.17) is 4.74 Å². The van der Waals surface area contributed by atoms with E-state index in [1.165, 1.54) is 18.2 Å². The van der Waals surface area contributed by atoms with Gasteiger partial charge in [-0.25, -0.2) is 22.7 Å². The van der Waals surface area contributed by atoms with E-state index >= 15 is 0 Å². The Bertz CT molecular complexity index is 1170. The number of anilines is 1. The summed E-state index contributed by atoms with van der Waals surface area (Å²) in [5, 5.41) is 11.6. The molecule has 0 radical (unpaired) electrons. The number of fused-ring (bicyclic) bond motifs is 1. The monoisotopic (exact) mass is 416 g/mol. The van der Waals surface area contributed by atoms with Crippen LogP contribution in [0.25, 0.3) is 16.8 Å². The Labute approximate surface area is 170 Å². The molecule has 0 unspecified atom stereocenters. The molecule has 0 spiro atoms. The van der Waals surface area contributed by atoms with Crippen molar-refractivity contribution in [2.45, 2.75) is 19.4 Å². The molecular weight excluding hydrogens is 397 g/mol. The topological polar surface area (TPSA) is 69.3 Å². The molecule has 3 aromatic heterocycles. The van der Waals surface area contributed by atoms with E-state index < -0.39 is 24.9 Å². The van der Waals surface area contributed by atoms with Crippen LogP contribution in [-0.4, -0.2) is 37.4 Å². The average Bonchev–Trinajstić information content (AvgIpc) is 3.32. The Kier molecular flexibility index (Phi) is 5.30. The Morgan fingerprint density at radius 1 is 1.17 bits per heavy atom.